The summed E-state index contributed by atoms with van der Waals surface area (Å²) in [6.07, 6.45) is -0.0419. The van der Waals surface area contributed by atoms with Gasteiger partial charge in [-0.1, -0.05) is 24.3 Å². The van der Waals surface area contributed by atoms with Crippen LogP contribution >= 0.6 is 0 Å². The summed E-state index contributed by atoms with van der Waals surface area (Å²) < 4.78 is 11.1. The van der Waals surface area contributed by atoms with Gasteiger partial charge in [0.15, 0.2) is 0 Å². The van der Waals surface area contributed by atoms with Crippen LogP contribution in [-0.4, -0.2) is 18.2 Å². The molecule has 3 nitrogen and oxygen atoms in total. The summed E-state index contributed by atoms with van der Waals surface area (Å²) in [5.41, 5.74) is 0.574. The molecule has 0 heterocycles. The topological polar surface area (TPSA) is 35.5 Å². The average molecular weight is 272 g/mol. The van der Waals surface area contributed by atoms with Gasteiger partial charge in [-0.2, -0.15) is 0 Å². The summed E-state index contributed by atoms with van der Waals surface area (Å²) in [6, 6.07) is 11.3. The van der Waals surface area contributed by atoms with E-state index in [0.29, 0.717) is 5.56 Å². The maximum atomic E-state index is 12.1. The Kier molecular flexibility index (Phi) is 4.28. The van der Waals surface area contributed by atoms with E-state index in [1.54, 1.807) is 6.07 Å². The van der Waals surface area contributed by atoms with E-state index in [4.69, 9.17) is 9.47 Å². The van der Waals surface area contributed by atoms with Crippen molar-refractivity contribution in [2.75, 3.05) is 0 Å². The Balaban J connectivity index is 2.51. The highest BCUT2D eigenvalue weighted by atomic mass is 16.5. The number of benzene rings is 2. The van der Waals surface area contributed by atoms with Crippen LogP contribution in [0.15, 0.2) is 36.4 Å². The van der Waals surface area contributed by atoms with Gasteiger partial charge in [-0.25, -0.2) is 4.79 Å². The average Bonchev–Trinajstić information content (AvgIpc) is 2.37. The summed E-state index contributed by atoms with van der Waals surface area (Å²) >= 11 is 0. The molecule has 0 atom stereocenters. The van der Waals surface area contributed by atoms with Gasteiger partial charge in [0.1, 0.15) is 5.75 Å². The van der Waals surface area contributed by atoms with Crippen molar-refractivity contribution in [3.63, 3.8) is 0 Å². The zero-order valence-corrected chi connectivity index (χ0v) is 12.3. The second-order valence-electron chi connectivity index (χ2n) is 5.28. The SMILES string of the molecule is CC(C)OC(=O)c1ccc(OC(C)C)c2ccccc12. The van der Waals surface area contributed by atoms with Crippen LogP contribution in [0, 0.1) is 0 Å². The Labute approximate surface area is 119 Å². The van der Waals surface area contributed by atoms with Crippen molar-refractivity contribution in [1.29, 1.82) is 0 Å². The maximum absolute atomic E-state index is 12.1. The number of rotatable bonds is 4. The molecule has 106 valence electrons. The minimum absolute atomic E-state index is 0.0897. The molecule has 2 aromatic rings. The van der Waals surface area contributed by atoms with Crippen LogP contribution < -0.4 is 4.74 Å². The molecule has 0 N–H and O–H groups in total. The fraction of sp³-hybridized carbons (Fsp3) is 0.353. The molecule has 2 rings (SSSR count). The van der Waals surface area contributed by atoms with Crippen LogP contribution in [0.5, 0.6) is 5.75 Å². The maximum Gasteiger partial charge on any atom is 0.339 e. The summed E-state index contributed by atoms with van der Waals surface area (Å²) in [5, 5.41) is 1.79. The van der Waals surface area contributed by atoms with E-state index in [1.165, 1.54) is 0 Å². The predicted octanol–water partition coefficient (Wildman–Crippen LogP) is 4.19. The summed E-state index contributed by atoms with van der Waals surface area (Å²) in [4.78, 5) is 12.1. The Morgan fingerprint density at radius 2 is 1.55 bits per heavy atom. The normalized spacial score (nSPS) is 11.1. The van der Waals surface area contributed by atoms with Crippen molar-refractivity contribution in [1.82, 2.24) is 0 Å². The fourth-order valence-corrected chi connectivity index (χ4v) is 2.08. The lowest BCUT2D eigenvalue weighted by atomic mass is 10.0. The molecule has 0 fully saturated rings. The van der Waals surface area contributed by atoms with Crippen LogP contribution in [0.25, 0.3) is 10.8 Å². The minimum Gasteiger partial charge on any atom is -0.490 e. The van der Waals surface area contributed by atoms with Gasteiger partial charge in [-0.05, 0) is 45.2 Å². The number of fused-ring (bicyclic) bond motifs is 1. The van der Waals surface area contributed by atoms with Crippen LogP contribution in [0.3, 0.4) is 0 Å². The van der Waals surface area contributed by atoms with E-state index < -0.39 is 0 Å². The van der Waals surface area contributed by atoms with Crippen molar-refractivity contribution < 1.29 is 14.3 Å². The Bertz CT molecular complexity index is 615. The summed E-state index contributed by atoms with van der Waals surface area (Å²) in [6.45, 7) is 7.65. The van der Waals surface area contributed by atoms with Crippen molar-refractivity contribution in [3.05, 3.63) is 42.0 Å². The Hall–Kier alpha value is -2.03. The van der Waals surface area contributed by atoms with Gasteiger partial charge in [0, 0.05) is 5.39 Å². The first-order chi connectivity index (χ1) is 9.49. The Morgan fingerprint density at radius 1 is 0.900 bits per heavy atom. The molecule has 0 aliphatic carbocycles. The minimum atomic E-state index is -0.299. The predicted molar refractivity (Wildman–Crippen MR) is 80.3 cm³/mol. The summed E-state index contributed by atoms with van der Waals surface area (Å²) in [5.74, 6) is 0.490. The lowest BCUT2D eigenvalue weighted by Gasteiger charge is -2.15. The molecule has 0 saturated carbocycles. The van der Waals surface area contributed by atoms with Crippen molar-refractivity contribution >= 4 is 16.7 Å². The van der Waals surface area contributed by atoms with E-state index in [9.17, 15) is 4.79 Å². The Morgan fingerprint density at radius 3 is 2.15 bits per heavy atom. The van der Waals surface area contributed by atoms with E-state index in [-0.39, 0.29) is 18.2 Å². The first-order valence-electron chi connectivity index (χ1n) is 6.88. The second-order valence-corrected chi connectivity index (χ2v) is 5.28. The zero-order valence-electron chi connectivity index (χ0n) is 12.3. The molecule has 0 aliphatic heterocycles. The molecular formula is C17H20O3. The molecule has 0 radical (unpaired) electrons. The zero-order chi connectivity index (χ0) is 14.7. The molecule has 0 spiro atoms. The van der Waals surface area contributed by atoms with Gasteiger partial charge in [-0.15, -0.1) is 0 Å². The lowest BCUT2D eigenvalue weighted by molar-refractivity contribution is 0.0380. The van der Waals surface area contributed by atoms with Gasteiger partial charge in [0.25, 0.3) is 0 Å². The largest absolute Gasteiger partial charge is 0.490 e. The first kappa shape index (κ1) is 14.4. The van der Waals surface area contributed by atoms with E-state index in [0.717, 1.165) is 16.5 Å². The number of carbonyl (C=O) groups excluding carboxylic acids is 1. The third-order valence-electron chi connectivity index (χ3n) is 2.81. The number of hydrogen-bond acceptors (Lipinski definition) is 3. The summed E-state index contributed by atoms with van der Waals surface area (Å²) in [7, 11) is 0. The number of esters is 1. The standard InChI is InChI=1S/C17H20O3/c1-11(2)19-16-10-9-15(17(18)20-12(3)4)13-7-5-6-8-14(13)16/h5-12H,1-4H3. The number of hydrogen-bond donors (Lipinski definition) is 0. The van der Waals surface area contributed by atoms with Gasteiger partial charge in [-0.3, -0.25) is 0 Å². The highest BCUT2D eigenvalue weighted by Gasteiger charge is 2.15. The van der Waals surface area contributed by atoms with E-state index >= 15 is 0 Å². The van der Waals surface area contributed by atoms with E-state index in [2.05, 4.69) is 0 Å². The van der Waals surface area contributed by atoms with Crippen LogP contribution in [0.1, 0.15) is 38.1 Å². The monoisotopic (exact) mass is 272 g/mol. The van der Waals surface area contributed by atoms with Crippen molar-refractivity contribution in [3.8, 4) is 5.75 Å². The van der Waals surface area contributed by atoms with Gasteiger partial charge >= 0.3 is 5.97 Å². The van der Waals surface area contributed by atoms with Crippen molar-refractivity contribution in [2.24, 2.45) is 0 Å². The quantitative estimate of drug-likeness (QED) is 0.783. The first-order valence-corrected chi connectivity index (χ1v) is 6.88. The smallest absolute Gasteiger partial charge is 0.339 e. The molecule has 0 unspecified atom stereocenters. The molecule has 20 heavy (non-hydrogen) atoms. The second kappa shape index (κ2) is 5.95. The van der Waals surface area contributed by atoms with Crippen LogP contribution in [0.4, 0.5) is 0 Å². The molecule has 3 heteroatoms. The van der Waals surface area contributed by atoms with Crippen molar-refractivity contribution in [2.45, 2.75) is 39.9 Å². The third kappa shape index (κ3) is 3.10. The molecule has 0 aliphatic rings. The van der Waals surface area contributed by atoms with Gasteiger partial charge in [0.2, 0.25) is 0 Å². The number of carbonyl (C=O) groups is 1. The molecular weight excluding hydrogens is 252 g/mol. The third-order valence-corrected chi connectivity index (χ3v) is 2.81. The van der Waals surface area contributed by atoms with Crippen LogP contribution in [-0.2, 0) is 4.74 Å². The number of ether oxygens (including phenoxy) is 2. The fourth-order valence-electron chi connectivity index (χ4n) is 2.08. The molecule has 0 amide bonds. The molecule has 0 saturated heterocycles. The molecule has 2 aromatic carbocycles. The van der Waals surface area contributed by atoms with Gasteiger partial charge < -0.3 is 9.47 Å². The van der Waals surface area contributed by atoms with E-state index in [1.807, 2.05) is 58.0 Å². The highest BCUT2D eigenvalue weighted by Crippen LogP contribution is 2.29. The highest BCUT2D eigenvalue weighted by molar-refractivity contribution is 6.06. The molecule has 0 bridgehead atoms. The van der Waals surface area contributed by atoms with Gasteiger partial charge in [0.05, 0.1) is 17.8 Å². The lowest BCUT2D eigenvalue weighted by Crippen LogP contribution is -2.12. The molecule has 0 aromatic heterocycles. The van der Waals surface area contributed by atoms with Crippen LogP contribution in [0.2, 0.25) is 0 Å².